The highest BCUT2D eigenvalue weighted by Crippen LogP contribution is 2.27. The van der Waals surface area contributed by atoms with Crippen LogP contribution in [0.1, 0.15) is 47.3 Å². The first-order valence-corrected chi connectivity index (χ1v) is 11.9. The van der Waals surface area contributed by atoms with E-state index in [0.29, 0.717) is 31.0 Å². The molecule has 1 saturated carbocycles. The Balaban J connectivity index is 1.35. The van der Waals surface area contributed by atoms with Crippen LogP contribution in [0.2, 0.25) is 0 Å². The van der Waals surface area contributed by atoms with Crippen LogP contribution in [0.25, 0.3) is 21.7 Å². The van der Waals surface area contributed by atoms with E-state index < -0.39 is 0 Å². The molecule has 0 radical (unpaired) electrons. The van der Waals surface area contributed by atoms with Crippen LogP contribution in [0.15, 0.2) is 60.9 Å². The Hall–Kier alpha value is -3.67. The van der Waals surface area contributed by atoms with Gasteiger partial charge < -0.3 is 14.6 Å². The summed E-state index contributed by atoms with van der Waals surface area (Å²) in [6.07, 6.45) is 7.57. The molecule has 6 heteroatoms. The number of fused-ring (bicyclic) bond motifs is 2. The Bertz CT molecular complexity index is 1340. The van der Waals surface area contributed by atoms with Gasteiger partial charge in [0.05, 0.1) is 23.3 Å². The number of benzene rings is 2. The summed E-state index contributed by atoms with van der Waals surface area (Å²) in [5, 5.41) is 6.49. The number of rotatable bonds is 7. The number of hydrogen-bond donors (Lipinski definition) is 1. The van der Waals surface area contributed by atoms with E-state index in [4.69, 9.17) is 4.74 Å². The summed E-state index contributed by atoms with van der Waals surface area (Å²) in [5.41, 5.74) is 3.64. The predicted molar refractivity (Wildman–Crippen MR) is 133 cm³/mol. The number of nitrogens with zero attached hydrogens (tertiary/aromatic N) is 2. The van der Waals surface area contributed by atoms with E-state index in [1.807, 2.05) is 37.5 Å². The first-order chi connectivity index (χ1) is 16.6. The van der Waals surface area contributed by atoms with E-state index >= 15 is 0 Å². The summed E-state index contributed by atoms with van der Waals surface area (Å²) in [6.45, 7) is 3.79. The Kier molecular flexibility index (Phi) is 6.30. The number of ether oxygens (including phenoxy) is 1. The van der Waals surface area contributed by atoms with Gasteiger partial charge in [-0.15, -0.1) is 0 Å². The quantitative estimate of drug-likeness (QED) is 0.398. The molecule has 0 unspecified atom stereocenters. The van der Waals surface area contributed by atoms with E-state index in [-0.39, 0.29) is 12.0 Å². The Morgan fingerprint density at radius 1 is 1.09 bits per heavy atom. The van der Waals surface area contributed by atoms with Gasteiger partial charge in [0.25, 0.3) is 12.4 Å². The molecular weight excluding hydrogens is 426 g/mol. The van der Waals surface area contributed by atoms with Crippen molar-refractivity contribution in [1.29, 1.82) is 0 Å². The molecule has 0 bridgehead atoms. The molecule has 1 aliphatic carbocycles. The van der Waals surface area contributed by atoms with Gasteiger partial charge in [0.1, 0.15) is 6.10 Å². The topological polar surface area (TPSA) is 73.2 Å². The number of amides is 1. The summed E-state index contributed by atoms with van der Waals surface area (Å²) in [7, 11) is 0. The van der Waals surface area contributed by atoms with Gasteiger partial charge in [-0.2, -0.15) is 0 Å². The number of pyridine rings is 1. The van der Waals surface area contributed by atoms with E-state index in [9.17, 15) is 9.59 Å². The van der Waals surface area contributed by atoms with Crippen molar-refractivity contribution in [2.24, 2.45) is 5.92 Å². The maximum absolute atomic E-state index is 13.3. The third kappa shape index (κ3) is 4.67. The maximum atomic E-state index is 13.3. The molecule has 174 valence electrons. The highest BCUT2D eigenvalue weighted by Gasteiger charge is 2.23. The summed E-state index contributed by atoms with van der Waals surface area (Å²) < 4.78 is 7.20. The second-order valence-electron chi connectivity index (χ2n) is 9.30. The summed E-state index contributed by atoms with van der Waals surface area (Å²) in [4.78, 5) is 28.5. The molecular formula is C28H29N3O3. The number of carbonyl (C=O) groups excluding carboxylic acids is 2. The van der Waals surface area contributed by atoms with Gasteiger partial charge in [-0.05, 0) is 73.7 Å². The largest absolute Gasteiger partial charge is 0.465 e. The van der Waals surface area contributed by atoms with Crippen LogP contribution in [0.3, 0.4) is 0 Å². The molecule has 1 amide bonds. The van der Waals surface area contributed by atoms with Gasteiger partial charge in [0.15, 0.2) is 0 Å². The second-order valence-corrected chi connectivity index (χ2v) is 9.30. The van der Waals surface area contributed by atoms with Crippen molar-refractivity contribution in [3.8, 4) is 0 Å². The van der Waals surface area contributed by atoms with Crippen molar-refractivity contribution in [3.05, 3.63) is 77.7 Å². The molecule has 0 spiro atoms. The van der Waals surface area contributed by atoms with E-state index in [1.165, 1.54) is 0 Å². The lowest BCUT2D eigenvalue weighted by Gasteiger charge is -2.27. The molecule has 0 aliphatic heterocycles. The van der Waals surface area contributed by atoms with E-state index in [1.54, 1.807) is 0 Å². The summed E-state index contributed by atoms with van der Waals surface area (Å²) in [6, 6.07) is 16.5. The number of aryl methyl sites for hydroxylation is 1. The lowest BCUT2D eigenvalue weighted by atomic mass is 9.87. The standard InChI is InChI=1S/C28H29N3O3/c1-19-12-22-10-11-31(17-24-14-21-4-2-3-5-23(21)16-29-24)27(22)26(13-19)28(33)30-15-20-6-8-25(9-7-20)34-18-32/h2-5,10-14,16,18,20,25H,6-9,15,17H2,1H3,(H,30,33). The third-order valence-corrected chi connectivity index (χ3v) is 6.86. The van der Waals surface area contributed by atoms with Gasteiger partial charge in [-0.3, -0.25) is 14.6 Å². The molecule has 5 rings (SSSR count). The van der Waals surface area contributed by atoms with E-state index in [2.05, 4.69) is 45.2 Å². The van der Waals surface area contributed by atoms with Crippen molar-refractivity contribution in [3.63, 3.8) is 0 Å². The van der Waals surface area contributed by atoms with Crippen molar-refractivity contribution >= 4 is 34.1 Å². The fraction of sp³-hybridized carbons (Fsp3) is 0.321. The lowest BCUT2D eigenvalue weighted by Crippen LogP contribution is -2.33. The molecule has 2 aromatic heterocycles. The number of hydrogen-bond acceptors (Lipinski definition) is 4. The average molecular weight is 456 g/mol. The highest BCUT2D eigenvalue weighted by molar-refractivity contribution is 6.06. The fourth-order valence-corrected chi connectivity index (χ4v) is 5.08. The molecule has 0 saturated heterocycles. The van der Waals surface area contributed by atoms with Crippen LogP contribution in [0.5, 0.6) is 0 Å². The van der Waals surface area contributed by atoms with Gasteiger partial charge in [0, 0.05) is 29.7 Å². The average Bonchev–Trinajstić information content (AvgIpc) is 3.25. The zero-order valence-electron chi connectivity index (χ0n) is 19.4. The maximum Gasteiger partial charge on any atom is 0.293 e. The van der Waals surface area contributed by atoms with Crippen molar-refractivity contribution < 1.29 is 14.3 Å². The van der Waals surface area contributed by atoms with Crippen LogP contribution in [0.4, 0.5) is 0 Å². The Morgan fingerprint density at radius 2 is 1.88 bits per heavy atom. The molecule has 0 atom stereocenters. The fourth-order valence-electron chi connectivity index (χ4n) is 5.08. The first-order valence-electron chi connectivity index (χ1n) is 11.9. The molecule has 1 fully saturated rings. The Morgan fingerprint density at radius 3 is 2.68 bits per heavy atom. The van der Waals surface area contributed by atoms with Crippen molar-refractivity contribution in [2.45, 2.75) is 45.3 Å². The minimum Gasteiger partial charge on any atom is -0.465 e. The zero-order chi connectivity index (χ0) is 23.5. The number of aromatic nitrogens is 2. The van der Waals surface area contributed by atoms with Crippen molar-refractivity contribution in [1.82, 2.24) is 14.9 Å². The monoisotopic (exact) mass is 455 g/mol. The third-order valence-electron chi connectivity index (χ3n) is 6.86. The smallest absolute Gasteiger partial charge is 0.293 e. The predicted octanol–water partition coefficient (Wildman–Crippen LogP) is 5.01. The normalized spacial score (nSPS) is 18.1. The second kappa shape index (κ2) is 9.67. The van der Waals surface area contributed by atoms with Gasteiger partial charge >= 0.3 is 0 Å². The molecule has 1 N–H and O–H groups in total. The van der Waals surface area contributed by atoms with Gasteiger partial charge in [0.2, 0.25) is 0 Å². The Labute approximate surface area is 198 Å². The minimum atomic E-state index is -0.0496. The summed E-state index contributed by atoms with van der Waals surface area (Å²) >= 11 is 0. The molecule has 34 heavy (non-hydrogen) atoms. The van der Waals surface area contributed by atoms with Crippen molar-refractivity contribution in [2.75, 3.05) is 6.54 Å². The van der Waals surface area contributed by atoms with E-state index in [0.717, 1.165) is 58.6 Å². The van der Waals surface area contributed by atoms with Gasteiger partial charge in [-0.25, -0.2) is 0 Å². The number of nitrogens with one attached hydrogen (secondary N) is 1. The van der Waals surface area contributed by atoms with Gasteiger partial charge in [-0.1, -0.05) is 24.3 Å². The van der Waals surface area contributed by atoms with Crippen LogP contribution in [-0.2, 0) is 16.1 Å². The first kappa shape index (κ1) is 22.1. The molecule has 1 aliphatic rings. The molecule has 2 heterocycles. The SMILES string of the molecule is Cc1cc(C(=O)NCC2CCC(OC=O)CC2)c2c(ccn2Cc2cc3ccccc3cn2)c1. The molecule has 2 aromatic carbocycles. The minimum absolute atomic E-state index is 0.0212. The van der Waals surface area contributed by atoms with Crippen LogP contribution in [0, 0.1) is 12.8 Å². The lowest BCUT2D eigenvalue weighted by molar-refractivity contribution is -0.135. The molecule has 4 aromatic rings. The van der Waals surface area contributed by atoms with Crippen LogP contribution >= 0.6 is 0 Å². The highest BCUT2D eigenvalue weighted by atomic mass is 16.5. The van der Waals surface area contributed by atoms with Crippen LogP contribution < -0.4 is 5.32 Å². The number of carbonyl (C=O) groups is 2. The zero-order valence-corrected chi connectivity index (χ0v) is 19.4. The molecule has 6 nitrogen and oxygen atoms in total. The van der Waals surface area contributed by atoms with Crippen LogP contribution in [-0.4, -0.2) is 34.6 Å². The summed E-state index contributed by atoms with van der Waals surface area (Å²) in [5.74, 6) is 0.357.